The average Bonchev–Trinajstić information content (AvgIpc) is 3.10. The number of hydrogen-bond acceptors (Lipinski definition) is 4. The third-order valence-electron chi connectivity index (χ3n) is 3.40. The van der Waals surface area contributed by atoms with E-state index in [9.17, 15) is 0 Å². The molecule has 1 atom stereocenters. The van der Waals surface area contributed by atoms with Gasteiger partial charge in [-0.3, -0.25) is 0 Å². The van der Waals surface area contributed by atoms with Crippen molar-refractivity contribution in [2.24, 2.45) is 0 Å². The molecule has 0 radical (unpaired) electrons. The zero-order valence-electron chi connectivity index (χ0n) is 10.9. The fraction of sp³-hybridized carbons (Fsp3) is 0.467. The number of nitrogens with zero attached hydrogens (tertiary/aromatic N) is 2. The van der Waals surface area contributed by atoms with E-state index in [2.05, 4.69) is 34.4 Å². The number of benzene rings is 1. The molecule has 1 aromatic carbocycles. The minimum Gasteiger partial charge on any atom is -0.368 e. The van der Waals surface area contributed by atoms with Crippen molar-refractivity contribution in [1.82, 2.24) is 10.1 Å². The molecule has 0 spiro atoms. The molecule has 0 saturated carbocycles. The summed E-state index contributed by atoms with van der Waals surface area (Å²) in [6.07, 6.45) is 5.03. The van der Waals surface area contributed by atoms with E-state index in [0.717, 1.165) is 44.5 Å². The largest absolute Gasteiger partial charge is 0.368 e. The first-order valence-corrected chi connectivity index (χ1v) is 6.90. The molecule has 2 heterocycles. The Balaban J connectivity index is 1.50. The van der Waals surface area contributed by atoms with Crippen molar-refractivity contribution in [1.29, 1.82) is 0 Å². The van der Waals surface area contributed by atoms with Gasteiger partial charge in [0, 0.05) is 13.0 Å². The van der Waals surface area contributed by atoms with Gasteiger partial charge in [-0.1, -0.05) is 35.5 Å². The van der Waals surface area contributed by atoms with Crippen LogP contribution in [-0.4, -0.2) is 16.7 Å². The second kappa shape index (κ2) is 5.97. The molecule has 0 amide bonds. The first kappa shape index (κ1) is 12.4. The van der Waals surface area contributed by atoms with Gasteiger partial charge in [0.05, 0.1) is 0 Å². The summed E-state index contributed by atoms with van der Waals surface area (Å²) in [4.78, 5) is 4.42. The summed E-state index contributed by atoms with van der Waals surface area (Å²) in [5.41, 5.74) is 1.35. The molecule has 1 aliphatic heterocycles. The van der Waals surface area contributed by atoms with Gasteiger partial charge < -0.3 is 9.26 Å². The molecule has 1 saturated heterocycles. The number of aryl methyl sites for hydroxylation is 2. The Kier molecular flexibility index (Phi) is 3.89. The van der Waals surface area contributed by atoms with Crippen LogP contribution in [0, 0.1) is 0 Å². The Morgan fingerprint density at radius 2 is 2.05 bits per heavy atom. The minimum absolute atomic E-state index is 0.0235. The SMILES string of the molecule is c1ccc(CCCc2noc([C@@H]3CCCO3)n2)cc1. The fourth-order valence-electron chi connectivity index (χ4n) is 2.37. The molecule has 0 N–H and O–H groups in total. The quantitative estimate of drug-likeness (QED) is 0.826. The third kappa shape index (κ3) is 3.20. The number of aromatic nitrogens is 2. The molecule has 4 heteroatoms. The van der Waals surface area contributed by atoms with Gasteiger partial charge in [0.25, 0.3) is 5.89 Å². The summed E-state index contributed by atoms with van der Waals surface area (Å²) in [6, 6.07) is 10.5. The Morgan fingerprint density at radius 1 is 1.16 bits per heavy atom. The highest BCUT2D eigenvalue weighted by atomic mass is 16.5. The van der Waals surface area contributed by atoms with Crippen molar-refractivity contribution < 1.29 is 9.26 Å². The van der Waals surface area contributed by atoms with E-state index in [0.29, 0.717) is 5.89 Å². The second-order valence-corrected chi connectivity index (χ2v) is 4.89. The third-order valence-corrected chi connectivity index (χ3v) is 3.40. The molecular formula is C15H18N2O2. The molecule has 1 aliphatic rings. The van der Waals surface area contributed by atoms with E-state index in [4.69, 9.17) is 9.26 Å². The van der Waals surface area contributed by atoms with Crippen LogP contribution in [0.1, 0.15) is 42.6 Å². The minimum atomic E-state index is 0.0235. The molecule has 0 bridgehead atoms. The smallest absolute Gasteiger partial charge is 0.255 e. The van der Waals surface area contributed by atoms with Crippen LogP contribution in [0.15, 0.2) is 34.9 Å². The molecule has 1 aromatic heterocycles. The number of hydrogen-bond donors (Lipinski definition) is 0. The summed E-state index contributed by atoms with van der Waals surface area (Å²) in [5.74, 6) is 1.44. The van der Waals surface area contributed by atoms with Gasteiger partial charge in [-0.2, -0.15) is 4.98 Å². The molecule has 3 rings (SSSR count). The fourth-order valence-corrected chi connectivity index (χ4v) is 2.37. The maximum atomic E-state index is 5.53. The van der Waals surface area contributed by atoms with Crippen molar-refractivity contribution >= 4 is 0 Å². The van der Waals surface area contributed by atoms with Crippen molar-refractivity contribution in [2.75, 3.05) is 6.61 Å². The van der Waals surface area contributed by atoms with Crippen LogP contribution in [0.25, 0.3) is 0 Å². The van der Waals surface area contributed by atoms with E-state index in [1.54, 1.807) is 0 Å². The van der Waals surface area contributed by atoms with Gasteiger partial charge in [-0.25, -0.2) is 0 Å². The highest BCUT2D eigenvalue weighted by Crippen LogP contribution is 2.27. The van der Waals surface area contributed by atoms with Gasteiger partial charge in [0.1, 0.15) is 6.10 Å². The Bertz CT molecular complexity index is 504. The lowest BCUT2D eigenvalue weighted by Gasteiger charge is -2.00. The first-order valence-electron chi connectivity index (χ1n) is 6.90. The maximum Gasteiger partial charge on any atom is 0.255 e. The highest BCUT2D eigenvalue weighted by molar-refractivity contribution is 5.14. The topological polar surface area (TPSA) is 48.2 Å². The molecule has 100 valence electrons. The van der Waals surface area contributed by atoms with Gasteiger partial charge in [-0.05, 0) is 31.2 Å². The van der Waals surface area contributed by atoms with Crippen LogP contribution < -0.4 is 0 Å². The van der Waals surface area contributed by atoms with E-state index in [-0.39, 0.29) is 6.10 Å². The molecule has 19 heavy (non-hydrogen) atoms. The van der Waals surface area contributed by atoms with Gasteiger partial charge >= 0.3 is 0 Å². The molecule has 0 unspecified atom stereocenters. The van der Waals surface area contributed by atoms with Gasteiger partial charge in [0.2, 0.25) is 0 Å². The van der Waals surface area contributed by atoms with E-state index < -0.39 is 0 Å². The van der Waals surface area contributed by atoms with Gasteiger partial charge in [-0.15, -0.1) is 0 Å². The van der Waals surface area contributed by atoms with Crippen LogP contribution in [0.3, 0.4) is 0 Å². The Morgan fingerprint density at radius 3 is 2.84 bits per heavy atom. The molecule has 1 fully saturated rings. The zero-order chi connectivity index (χ0) is 12.9. The lowest BCUT2D eigenvalue weighted by Crippen LogP contribution is -1.97. The van der Waals surface area contributed by atoms with E-state index >= 15 is 0 Å². The van der Waals surface area contributed by atoms with Crippen LogP contribution in [0.2, 0.25) is 0 Å². The first-order chi connectivity index (χ1) is 9.42. The summed E-state index contributed by atoms with van der Waals surface area (Å²) in [7, 11) is 0. The van der Waals surface area contributed by atoms with Crippen molar-refractivity contribution in [2.45, 2.75) is 38.2 Å². The molecule has 4 nitrogen and oxygen atoms in total. The lowest BCUT2D eigenvalue weighted by atomic mass is 10.1. The van der Waals surface area contributed by atoms with Crippen LogP contribution >= 0.6 is 0 Å². The van der Waals surface area contributed by atoms with Crippen molar-refractivity contribution in [3.63, 3.8) is 0 Å². The zero-order valence-corrected chi connectivity index (χ0v) is 10.9. The van der Waals surface area contributed by atoms with Crippen LogP contribution in [-0.2, 0) is 17.6 Å². The van der Waals surface area contributed by atoms with Crippen molar-refractivity contribution in [3.05, 3.63) is 47.6 Å². The summed E-state index contributed by atoms with van der Waals surface area (Å²) in [6.45, 7) is 0.802. The van der Waals surface area contributed by atoms with Crippen LogP contribution in [0.4, 0.5) is 0 Å². The lowest BCUT2D eigenvalue weighted by molar-refractivity contribution is 0.0835. The van der Waals surface area contributed by atoms with Gasteiger partial charge in [0.15, 0.2) is 5.82 Å². The number of ether oxygens (including phenoxy) is 1. The van der Waals surface area contributed by atoms with Crippen LogP contribution in [0.5, 0.6) is 0 Å². The van der Waals surface area contributed by atoms with E-state index in [1.807, 2.05) is 6.07 Å². The molecule has 2 aromatic rings. The predicted octanol–water partition coefficient (Wildman–Crippen LogP) is 3.10. The summed E-state index contributed by atoms with van der Waals surface area (Å²) < 4.78 is 10.8. The average molecular weight is 258 g/mol. The highest BCUT2D eigenvalue weighted by Gasteiger charge is 2.23. The summed E-state index contributed by atoms with van der Waals surface area (Å²) >= 11 is 0. The standard InChI is InChI=1S/C15H18N2O2/c1-2-6-12(7-3-1)8-4-10-14-16-15(19-17-14)13-9-5-11-18-13/h1-3,6-7,13H,4-5,8-11H2/t13-/m0/s1. The van der Waals surface area contributed by atoms with E-state index in [1.165, 1.54) is 5.56 Å². The summed E-state index contributed by atoms with van der Waals surface area (Å²) in [5, 5.41) is 4.03. The van der Waals surface area contributed by atoms with Crippen molar-refractivity contribution in [3.8, 4) is 0 Å². The predicted molar refractivity (Wildman–Crippen MR) is 70.7 cm³/mol. The normalized spacial score (nSPS) is 18.8. The Hall–Kier alpha value is -1.68. The monoisotopic (exact) mass is 258 g/mol. The number of rotatable bonds is 5. The Labute approximate surface area is 112 Å². The molecule has 0 aliphatic carbocycles. The molecular weight excluding hydrogens is 240 g/mol. The maximum absolute atomic E-state index is 5.53. The second-order valence-electron chi connectivity index (χ2n) is 4.89.